The van der Waals surface area contributed by atoms with Crippen LogP contribution >= 0.6 is 0 Å². The number of nitrogens with zero attached hydrogens (tertiary/aromatic N) is 3. The molecule has 0 heterocycles. The summed E-state index contributed by atoms with van der Waals surface area (Å²) >= 11 is 0. The quantitative estimate of drug-likeness (QED) is 0.354. The molecule has 3 rings (SSSR count). The third kappa shape index (κ3) is 3.62. The Kier molecular flexibility index (Phi) is 4.89. The Bertz CT molecular complexity index is 856. The van der Waals surface area contributed by atoms with Crippen molar-refractivity contribution in [2.24, 2.45) is 39.0 Å². The van der Waals surface area contributed by atoms with Crippen molar-refractivity contribution in [3.63, 3.8) is 0 Å². The van der Waals surface area contributed by atoms with Crippen molar-refractivity contribution >= 4 is 10.0 Å². The number of sulfonamides is 1. The van der Waals surface area contributed by atoms with Crippen molar-refractivity contribution < 1.29 is 8.42 Å². The zero-order valence-corrected chi connectivity index (χ0v) is 18.0. The lowest BCUT2D eigenvalue weighted by Gasteiger charge is -2.48. The lowest BCUT2D eigenvalue weighted by atomic mass is 9.56. The van der Waals surface area contributed by atoms with E-state index < -0.39 is 10.0 Å². The molecule has 2 fully saturated rings. The molecule has 0 spiro atoms. The molecule has 5 unspecified atom stereocenters. The molecule has 0 aliphatic heterocycles. The van der Waals surface area contributed by atoms with Gasteiger partial charge in [0.15, 0.2) is 0 Å². The fraction of sp³-hybridized carbons (Fsp3) is 0.714. The molecule has 0 aromatic heterocycles. The van der Waals surface area contributed by atoms with Crippen molar-refractivity contribution in [2.75, 3.05) is 0 Å². The van der Waals surface area contributed by atoms with Crippen LogP contribution in [0.25, 0.3) is 10.4 Å². The third-order valence-corrected chi connectivity index (χ3v) is 7.91. The molecule has 2 aliphatic carbocycles. The Hall–Kier alpha value is -1.52. The average Bonchev–Trinajstić information content (AvgIpc) is 3.12. The zero-order valence-electron chi connectivity index (χ0n) is 17.2. The Morgan fingerprint density at radius 2 is 1.52 bits per heavy atom. The minimum Gasteiger partial charge on any atom is -0.216 e. The maximum absolute atomic E-state index is 11.9. The molecule has 5 nitrogen and oxygen atoms in total. The summed E-state index contributed by atoms with van der Waals surface area (Å²) in [5, 5.41) is 0. The Morgan fingerprint density at radius 3 is 2.00 bits per heavy atom. The van der Waals surface area contributed by atoms with Crippen LogP contribution in [-0.2, 0) is 10.0 Å². The summed E-state index contributed by atoms with van der Waals surface area (Å²) < 4.78 is 26.7. The second-order valence-electron chi connectivity index (χ2n) is 10.5. The van der Waals surface area contributed by atoms with Crippen molar-refractivity contribution in [2.45, 2.75) is 65.2 Å². The molecule has 0 saturated heterocycles. The van der Waals surface area contributed by atoms with E-state index >= 15 is 0 Å². The van der Waals surface area contributed by atoms with Gasteiger partial charge in [-0.15, -0.1) is 0 Å². The number of fused-ring (bicyclic) bond motifs is 2. The van der Waals surface area contributed by atoms with Crippen LogP contribution in [0.4, 0.5) is 0 Å². The van der Waals surface area contributed by atoms with Gasteiger partial charge in [0.2, 0.25) is 0 Å². The smallest absolute Gasteiger partial charge is 0.216 e. The molecule has 2 aliphatic rings. The minimum absolute atomic E-state index is 0.0622. The van der Waals surface area contributed by atoms with Gasteiger partial charge in [-0.1, -0.05) is 53.7 Å². The summed E-state index contributed by atoms with van der Waals surface area (Å²) in [4.78, 5) is 2.48. The number of rotatable bonds is 3. The van der Waals surface area contributed by atoms with Crippen LogP contribution in [0.15, 0.2) is 33.7 Å². The van der Waals surface area contributed by atoms with Crippen LogP contribution in [0.5, 0.6) is 0 Å². The van der Waals surface area contributed by atoms with E-state index in [0.717, 1.165) is 11.8 Å². The number of hydrogen-bond donors (Lipinski definition) is 0. The van der Waals surface area contributed by atoms with Gasteiger partial charge in [0.25, 0.3) is 10.0 Å². The predicted octanol–water partition coefficient (Wildman–Crippen LogP) is 6.13. The highest BCUT2D eigenvalue weighted by atomic mass is 32.2. The van der Waals surface area contributed by atoms with Crippen LogP contribution in [0, 0.1) is 34.5 Å². The SMILES string of the molecule is CC(C)(C)C1C2CC(c3ccc(S(=O)(=O)N=[N+]=[N-])cc3)C(C2)C1C(C)(C)C. The minimum atomic E-state index is -3.91. The van der Waals surface area contributed by atoms with Gasteiger partial charge in [0.1, 0.15) is 0 Å². The van der Waals surface area contributed by atoms with E-state index in [2.05, 4.69) is 51.0 Å². The normalized spacial score (nSPS) is 31.0. The van der Waals surface area contributed by atoms with Gasteiger partial charge in [-0.2, -0.15) is 0 Å². The highest BCUT2D eigenvalue weighted by molar-refractivity contribution is 7.90. The van der Waals surface area contributed by atoms with Crippen LogP contribution in [0.1, 0.15) is 65.9 Å². The standard InChI is InChI=1S/C21H31N3O2S/c1-20(2,3)18-14-11-16(17(12-14)19(18)21(4,5)6)13-7-9-15(10-8-13)27(25,26)24-23-22/h7-10,14,16-19H,11-12H2,1-6H3. The summed E-state index contributed by atoms with van der Waals surface area (Å²) in [6.45, 7) is 14.2. The Labute approximate surface area is 163 Å². The first-order valence-electron chi connectivity index (χ1n) is 9.77. The van der Waals surface area contributed by atoms with Crippen LogP contribution in [-0.4, -0.2) is 8.42 Å². The van der Waals surface area contributed by atoms with Gasteiger partial charge in [-0.05, 0) is 76.5 Å². The second-order valence-corrected chi connectivity index (χ2v) is 12.1. The summed E-state index contributed by atoms with van der Waals surface area (Å²) in [6.07, 6.45) is 2.45. The molecule has 1 aromatic rings. The first-order valence-corrected chi connectivity index (χ1v) is 11.2. The highest BCUT2D eigenvalue weighted by Gasteiger charge is 2.58. The number of benzene rings is 1. The van der Waals surface area contributed by atoms with Crippen molar-refractivity contribution in [3.05, 3.63) is 40.3 Å². The molecule has 2 bridgehead atoms. The molecule has 0 N–H and O–H groups in total. The third-order valence-electron chi connectivity index (χ3n) is 6.75. The molecule has 0 amide bonds. The van der Waals surface area contributed by atoms with Gasteiger partial charge in [-0.25, -0.2) is 8.42 Å². The Balaban J connectivity index is 1.92. The maximum Gasteiger partial charge on any atom is 0.264 e. The second kappa shape index (κ2) is 6.52. The zero-order chi connectivity index (χ0) is 20.2. The van der Waals surface area contributed by atoms with Gasteiger partial charge < -0.3 is 0 Å². The molecule has 0 radical (unpaired) electrons. The number of azide groups is 1. The van der Waals surface area contributed by atoms with Crippen LogP contribution in [0.3, 0.4) is 0 Å². The average molecular weight is 390 g/mol. The fourth-order valence-electron chi connectivity index (χ4n) is 6.15. The molecule has 6 heteroatoms. The Morgan fingerprint density at radius 1 is 0.963 bits per heavy atom. The van der Waals surface area contributed by atoms with Crippen molar-refractivity contribution in [1.29, 1.82) is 0 Å². The fourth-order valence-corrected chi connectivity index (χ4v) is 6.82. The summed E-state index contributed by atoms with van der Waals surface area (Å²) in [5.74, 6) is 3.24. The molecule has 148 valence electrons. The van der Waals surface area contributed by atoms with E-state index in [9.17, 15) is 8.42 Å². The first kappa shape index (κ1) is 20.2. The highest BCUT2D eigenvalue weighted by Crippen LogP contribution is 2.66. The van der Waals surface area contributed by atoms with Gasteiger partial charge in [0, 0.05) is 9.43 Å². The molecule has 1 aromatic carbocycles. The monoisotopic (exact) mass is 389 g/mol. The largest absolute Gasteiger partial charge is 0.264 e. The predicted molar refractivity (Wildman–Crippen MR) is 108 cm³/mol. The molecule has 2 saturated carbocycles. The van der Waals surface area contributed by atoms with E-state index in [1.54, 1.807) is 12.1 Å². The van der Waals surface area contributed by atoms with E-state index in [1.165, 1.54) is 18.4 Å². The summed E-state index contributed by atoms with van der Waals surface area (Å²) in [6, 6.07) is 6.99. The summed E-state index contributed by atoms with van der Waals surface area (Å²) in [7, 11) is -3.91. The van der Waals surface area contributed by atoms with Gasteiger partial charge in [-0.3, -0.25) is 0 Å². The van der Waals surface area contributed by atoms with Crippen molar-refractivity contribution in [3.8, 4) is 0 Å². The lowest BCUT2D eigenvalue weighted by molar-refractivity contribution is 0.0158. The maximum atomic E-state index is 11.9. The van der Waals surface area contributed by atoms with E-state index in [4.69, 9.17) is 5.53 Å². The topological polar surface area (TPSA) is 82.9 Å². The van der Waals surface area contributed by atoms with Gasteiger partial charge >= 0.3 is 0 Å². The van der Waals surface area contributed by atoms with Crippen LogP contribution < -0.4 is 0 Å². The lowest BCUT2D eigenvalue weighted by Crippen LogP contribution is -2.42. The van der Waals surface area contributed by atoms with Gasteiger partial charge in [0.05, 0.1) is 4.90 Å². The van der Waals surface area contributed by atoms with Crippen LogP contribution in [0.2, 0.25) is 0 Å². The summed E-state index contributed by atoms with van der Waals surface area (Å²) in [5.41, 5.74) is 10.2. The molecule has 5 atom stereocenters. The molecule has 27 heavy (non-hydrogen) atoms. The number of hydrogen-bond acceptors (Lipinski definition) is 2. The molecular formula is C21H31N3O2S. The molecular weight excluding hydrogens is 358 g/mol. The van der Waals surface area contributed by atoms with E-state index in [0.29, 0.717) is 23.2 Å². The van der Waals surface area contributed by atoms with E-state index in [1.807, 2.05) is 12.1 Å². The van der Waals surface area contributed by atoms with Crippen molar-refractivity contribution in [1.82, 2.24) is 0 Å². The first-order chi connectivity index (χ1) is 12.4. The van der Waals surface area contributed by atoms with E-state index in [-0.39, 0.29) is 10.3 Å².